The highest BCUT2D eigenvalue weighted by Crippen LogP contribution is 2.29. The number of carbonyl (C=O) groups excluding carboxylic acids is 1. The molecule has 0 bridgehead atoms. The molecule has 31 heavy (non-hydrogen) atoms. The molecule has 1 N–H and O–H groups in total. The average molecular weight is 432 g/mol. The topological polar surface area (TPSA) is 84.2 Å². The first-order valence-electron chi connectivity index (χ1n) is 10.1. The Morgan fingerprint density at radius 1 is 1.13 bits per heavy atom. The molecular weight excluding hydrogens is 410 g/mol. The summed E-state index contributed by atoms with van der Waals surface area (Å²) in [7, 11) is 0. The van der Waals surface area contributed by atoms with Crippen LogP contribution >= 0.6 is 11.3 Å². The van der Waals surface area contributed by atoms with Gasteiger partial charge in [0.2, 0.25) is 0 Å². The molecule has 1 aliphatic heterocycles. The third-order valence-electron chi connectivity index (χ3n) is 5.20. The minimum absolute atomic E-state index is 0.180. The minimum atomic E-state index is -0.180. The van der Waals surface area contributed by atoms with Crippen molar-refractivity contribution in [3.05, 3.63) is 82.1 Å². The largest absolute Gasteiger partial charge is 0.334 e. The van der Waals surface area contributed by atoms with E-state index in [1.165, 1.54) is 10.4 Å². The lowest BCUT2D eigenvalue weighted by molar-refractivity contribution is 0.102. The van der Waals surface area contributed by atoms with Crippen LogP contribution in [0.3, 0.4) is 0 Å². The van der Waals surface area contributed by atoms with Crippen molar-refractivity contribution in [3.63, 3.8) is 0 Å². The molecule has 8 heteroatoms. The highest BCUT2D eigenvalue weighted by atomic mass is 32.1. The molecule has 7 nitrogen and oxygen atoms in total. The maximum absolute atomic E-state index is 12.7. The molecule has 0 saturated heterocycles. The maximum atomic E-state index is 12.7. The van der Waals surface area contributed by atoms with E-state index in [4.69, 9.17) is 4.52 Å². The number of aromatic nitrogens is 3. The highest BCUT2D eigenvalue weighted by molar-refractivity contribution is 7.15. The Hall–Kier alpha value is -3.36. The quantitative estimate of drug-likeness (QED) is 0.507. The first kappa shape index (κ1) is 19.6. The monoisotopic (exact) mass is 431 g/mol. The van der Waals surface area contributed by atoms with E-state index >= 15 is 0 Å². The Morgan fingerprint density at radius 2 is 1.94 bits per heavy atom. The van der Waals surface area contributed by atoms with Gasteiger partial charge in [0.25, 0.3) is 11.8 Å². The van der Waals surface area contributed by atoms with Crippen LogP contribution in [-0.4, -0.2) is 32.5 Å². The number of amides is 1. The Balaban J connectivity index is 1.24. The second-order valence-electron chi connectivity index (χ2n) is 7.51. The SMILES string of the molecule is Cc1noc(-c2ccc(C(=O)Nc3nc4c(s3)CN(Cc3ccccc3)CC4)cc2)n1. The molecule has 1 aliphatic rings. The van der Waals surface area contributed by atoms with Crippen LogP contribution in [0, 0.1) is 6.92 Å². The van der Waals surface area contributed by atoms with E-state index in [0.29, 0.717) is 22.4 Å². The predicted octanol–water partition coefficient (Wildman–Crippen LogP) is 4.31. The lowest BCUT2D eigenvalue weighted by atomic mass is 10.1. The van der Waals surface area contributed by atoms with E-state index in [9.17, 15) is 4.79 Å². The molecule has 4 aromatic rings. The zero-order valence-electron chi connectivity index (χ0n) is 17.0. The van der Waals surface area contributed by atoms with Crippen LogP contribution < -0.4 is 5.32 Å². The van der Waals surface area contributed by atoms with Crippen LogP contribution in [0.4, 0.5) is 5.13 Å². The van der Waals surface area contributed by atoms with Crippen LogP contribution in [0.25, 0.3) is 11.5 Å². The van der Waals surface area contributed by atoms with Gasteiger partial charge in [-0.1, -0.05) is 35.5 Å². The molecule has 1 amide bonds. The average Bonchev–Trinajstić information content (AvgIpc) is 3.40. The Labute approximate surface area is 183 Å². The Bertz CT molecular complexity index is 1200. The number of fused-ring (bicyclic) bond motifs is 1. The number of nitrogens with zero attached hydrogens (tertiary/aromatic N) is 4. The number of anilines is 1. The van der Waals surface area contributed by atoms with Gasteiger partial charge in [0.15, 0.2) is 11.0 Å². The van der Waals surface area contributed by atoms with Gasteiger partial charge < -0.3 is 4.52 Å². The molecule has 5 rings (SSSR count). The van der Waals surface area contributed by atoms with Crippen molar-refractivity contribution in [2.75, 3.05) is 11.9 Å². The summed E-state index contributed by atoms with van der Waals surface area (Å²) >= 11 is 1.56. The van der Waals surface area contributed by atoms with E-state index < -0.39 is 0 Å². The molecular formula is C23H21N5O2S. The fourth-order valence-corrected chi connectivity index (χ4v) is 4.67. The molecule has 0 spiro atoms. The number of nitrogens with one attached hydrogen (secondary N) is 1. The van der Waals surface area contributed by atoms with E-state index in [1.807, 2.05) is 6.07 Å². The summed E-state index contributed by atoms with van der Waals surface area (Å²) < 4.78 is 5.16. The fraction of sp³-hybridized carbons (Fsp3) is 0.217. The molecule has 2 aromatic carbocycles. The zero-order chi connectivity index (χ0) is 21.2. The summed E-state index contributed by atoms with van der Waals surface area (Å²) in [4.78, 5) is 25.2. The molecule has 0 atom stereocenters. The summed E-state index contributed by atoms with van der Waals surface area (Å²) in [6.07, 6.45) is 0.896. The molecule has 3 heterocycles. The molecule has 156 valence electrons. The van der Waals surface area contributed by atoms with Gasteiger partial charge in [0.05, 0.1) is 5.69 Å². The van der Waals surface area contributed by atoms with Crippen molar-refractivity contribution < 1.29 is 9.32 Å². The second-order valence-corrected chi connectivity index (χ2v) is 8.60. The van der Waals surface area contributed by atoms with E-state index in [-0.39, 0.29) is 5.91 Å². The lowest BCUT2D eigenvalue weighted by Gasteiger charge is -2.25. The summed E-state index contributed by atoms with van der Waals surface area (Å²) in [6, 6.07) is 17.6. The highest BCUT2D eigenvalue weighted by Gasteiger charge is 2.21. The van der Waals surface area contributed by atoms with Gasteiger partial charge in [-0.2, -0.15) is 4.98 Å². The van der Waals surface area contributed by atoms with E-state index in [1.54, 1.807) is 42.5 Å². The zero-order valence-corrected chi connectivity index (χ0v) is 17.9. The van der Waals surface area contributed by atoms with Gasteiger partial charge in [-0.25, -0.2) is 4.98 Å². The first-order valence-corrected chi connectivity index (χ1v) is 10.9. The Morgan fingerprint density at radius 3 is 2.68 bits per heavy atom. The smallest absolute Gasteiger partial charge is 0.257 e. The van der Waals surface area contributed by atoms with Gasteiger partial charge in [0.1, 0.15) is 0 Å². The van der Waals surface area contributed by atoms with Crippen molar-refractivity contribution in [3.8, 4) is 11.5 Å². The number of hydrogen-bond donors (Lipinski definition) is 1. The predicted molar refractivity (Wildman–Crippen MR) is 119 cm³/mol. The lowest BCUT2D eigenvalue weighted by Crippen LogP contribution is -2.29. The number of carbonyl (C=O) groups is 1. The number of aryl methyl sites for hydroxylation is 1. The van der Waals surface area contributed by atoms with Crippen LogP contribution in [0.2, 0.25) is 0 Å². The van der Waals surface area contributed by atoms with Gasteiger partial charge in [0, 0.05) is 42.1 Å². The maximum Gasteiger partial charge on any atom is 0.257 e. The van der Waals surface area contributed by atoms with Crippen LogP contribution in [0.1, 0.15) is 32.3 Å². The van der Waals surface area contributed by atoms with Crippen LogP contribution in [0.5, 0.6) is 0 Å². The van der Waals surface area contributed by atoms with Gasteiger partial charge in [-0.15, -0.1) is 11.3 Å². The van der Waals surface area contributed by atoms with Crippen LogP contribution in [0.15, 0.2) is 59.1 Å². The second kappa shape index (κ2) is 8.41. The van der Waals surface area contributed by atoms with Gasteiger partial charge >= 0.3 is 0 Å². The van der Waals surface area contributed by atoms with Crippen molar-refractivity contribution >= 4 is 22.4 Å². The fourth-order valence-electron chi connectivity index (χ4n) is 3.63. The van der Waals surface area contributed by atoms with E-state index in [2.05, 4.69) is 49.6 Å². The van der Waals surface area contributed by atoms with Crippen molar-refractivity contribution in [2.24, 2.45) is 0 Å². The summed E-state index contributed by atoms with van der Waals surface area (Å²) in [6.45, 7) is 4.51. The molecule has 0 saturated carbocycles. The molecule has 0 aliphatic carbocycles. The van der Waals surface area contributed by atoms with Crippen molar-refractivity contribution in [1.29, 1.82) is 0 Å². The number of hydrogen-bond acceptors (Lipinski definition) is 7. The van der Waals surface area contributed by atoms with Gasteiger partial charge in [-0.05, 0) is 36.8 Å². The van der Waals surface area contributed by atoms with Crippen LogP contribution in [-0.2, 0) is 19.5 Å². The Kier molecular flexibility index (Phi) is 5.31. The summed E-state index contributed by atoms with van der Waals surface area (Å²) in [5.41, 5.74) is 3.73. The molecule has 0 radical (unpaired) electrons. The standard InChI is InChI=1S/C23H21N5O2S/c1-15-24-22(30-27-15)18-9-7-17(8-10-18)21(29)26-23-25-19-11-12-28(14-20(19)31-23)13-16-5-3-2-4-6-16/h2-10H,11-14H2,1H3,(H,25,26,29). The number of rotatable bonds is 5. The van der Waals surface area contributed by atoms with Gasteiger partial charge in [-0.3, -0.25) is 15.0 Å². The molecule has 2 aromatic heterocycles. The van der Waals surface area contributed by atoms with E-state index in [0.717, 1.165) is 37.3 Å². The first-order chi connectivity index (χ1) is 15.1. The number of thiazole rings is 1. The minimum Gasteiger partial charge on any atom is -0.334 e. The third-order valence-corrected chi connectivity index (χ3v) is 6.20. The summed E-state index contributed by atoms with van der Waals surface area (Å²) in [5, 5.41) is 7.38. The van der Waals surface area contributed by atoms with Crippen molar-refractivity contribution in [1.82, 2.24) is 20.0 Å². The molecule has 0 unspecified atom stereocenters. The summed E-state index contributed by atoms with van der Waals surface area (Å²) in [5.74, 6) is 0.838. The van der Waals surface area contributed by atoms with Crippen molar-refractivity contribution in [2.45, 2.75) is 26.4 Å². The molecule has 0 fully saturated rings. The number of benzene rings is 2. The normalized spacial score (nSPS) is 13.7. The third kappa shape index (κ3) is 4.40.